The van der Waals surface area contributed by atoms with E-state index in [4.69, 9.17) is 4.74 Å². The summed E-state index contributed by atoms with van der Waals surface area (Å²) >= 11 is 0. The lowest BCUT2D eigenvalue weighted by molar-refractivity contribution is 0.364. The van der Waals surface area contributed by atoms with E-state index in [9.17, 15) is 0 Å². The molecule has 0 N–H and O–H groups in total. The fourth-order valence-corrected chi connectivity index (χ4v) is 3.52. The first-order valence-corrected chi connectivity index (χ1v) is 8.80. The minimum Gasteiger partial charge on any atom is -0.497 e. The highest BCUT2D eigenvalue weighted by Gasteiger charge is 2.16. The molecular weight excluding hydrogens is 294 g/mol. The molecule has 1 aliphatic rings. The summed E-state index contributed by atoms with van der Waals surface area (Å²) in [6.45, 7) is 8.00. The second kappa shape index (κ2) is 7.67. The molecule has 1 unspecified atom stereocenters. The Labute approximate surface area is 145 Å². The van der Waals surface area contributed by atoms with E-state index in [0.717, 1.165) is 18.2 Å². The van der Waals surface area contributed by atoms with Crippen LogP contribution in [0.3, 0.4) is 0 Å². The summed E-state index contributed by atoms with van der Waals surface area (Å²) in [6, 6.07) is 14.8. The molecule has 0 saturated carbocycles. The molecule has 24 heavy (non-hydrogen) atoms. The van der Waals surface area contributed by atoms with Gasteiger partial charge in [0.25, 0.3) is 0 Å². The van der Waals surface area contributed by atoms with E-state index < -0.39 is 0 Å². The van der Waals surface area contributed by atoms with Crippen molar-refractivity contribution in [3.63, 3.8) is 0 Å². The Hall–Kier alpha value is -2.06. The number of benzene rings is 2. The van der Waals surface area contributed by atoms with Gasteiger partial charge in [-0.15, -0.1) is 0 Å². The van der Waals surface area contributed by atoms with Crippen molar-refractivity contribution in [1.29, 1.82) is 0 Å². The van der Waals surface area contributed by atoms with Crippen molar-refractivity contribution in [2.75, 3.05) is 26.7 Å². The van der Waals surface area contributed by atoms with E-state index in [-0.39, 0.29) is 0 Å². The van der Waals surface area contributed by atoms with E-state index in [2.05, 4.69) is 67.3 Å². The zero-order chi connectivity index (χ0) is 16.9. The molecule has 2 heteroatoms. The topological polar surface area (TPSA) is 12.5 Å². The van der Waals surface area contributed by atoms with Gasteiger partial charge >= 0.3 is 0 Å². The van der Waals surface area contributed by atoms with Gasteiger partial charge in [0.1, 0.15) is 5.75 Å². The van der Waals surface area contributed by atoms with Gasteiger partial charge in [-0.3, -0.25) is 4.90 Å². The van der Waals surface area contributed by atoms with E-state index in [1.807, 2.05) is 6.07 Å². The molecule has 3 rings (SSSR count). The molecule has 1 aliphatic heterocycles. The SMILES string of the molecule is COc1cccc(-c2c(C)cccc2/C=C\CN2CCC(C)C2)c1. The van der Waals surface area contributed by atoms with Crippen LogP contribution in [0.25, 0.3) is 17.2 Å². The van der Waals surface area contributed by atoms with Gasteiger partial charge in [0.15, 0.2) is 0 Å². The van der Waals surface area contributed by atoms with Gasteiger partial charge in [0.2, 0.25) is 0 Å². The van der Waals surface area contributed by atoms with Crippen molar-refractivity contribution in [2.45, 2.75) is 20.3 Å². The predicted octanol–water partition coefficient (Wildman–Crippen LogP) is 5.03. The quantitative estimate of drug-likeness (QED) is 0.766. The number of hydrogen-bond donors (Lipinski definition) is 0. The van der Waals surface area contributed by atoms with Crippen molar-refractivity contribution >= 4 is 6.08 Å². The predicted molar refractivity (Wildman–Crippen MR) is 102 cm³/mol. The molecule has 1 fully saturated rings. The summed E-state index contributed by atoms with van der Waals surface area (Å²) in [5.41, 5.74) is 5.07. The summed E-state index contributed by atoms with van der Waals surface area (Å²) in [4.78, 5) is 2.53. The summed E-state index contributed by atoms with van der Waals surface area (Å²) in [5, 5.41) is 0. The molecule has 126 valence electrons. The van der Waals surface area contributed by atoms with E-state index in [1.165, 1.54) is 41.8 Å². The van der Waals surface area contributed by atoms with Gasteiger partial charge in [0, 0.05) is 13.1 Å². The summed E-state index contributed by atoms with van der Waals surface area (Å²) in [5.74, 6) is 1.74. The molecule has 1 saturated heterocycles. The maximum Gasteiger partial charge on any atom is 0.119 e. The zero-order valence-electron chi connectivity index (χ0n) is 15.0. The smallest absolute Gasteiger partial charge is 0.119 e. The maximum absolute atomic E-state index is 5.39. The summed E-state index contributed by atoms with van der Waals surface area (Å²) in [7, 11) is 1.72. The molecular formula is C22H27NO. The Morgan fingerprint density at radius 1 is 1.21 bits per heavy atom. The molecule has 1 atom stereocenters. The highest BCUT2D eigenvalue weighted by atomic mass is 16.5. The van der Waals surface area contributed by atoms with Crippen molar-refractivity contribution in [1.82, 2.24) is 4.90 Å². The number of methoxy groups -OCH3 is 1. The fourth-order valence-electron chi connectivity index (χ4n) is 3.52. The first-order chi connectivity index (χ1) is 11.7. The first kappa shape index (κ1) is 16.8. The molecule has 0 radical (unpaired) electrons. The maximum atomic E-state index is 5.39. The van der Waals surface area contributed by atoms with Gasteiger partial charge in [-0.25, -0.2) is 0 Å². The molecule has 2 aromatic carbocycles. The van der Waals surface area contributed by atoms with Crippen LogP contribution >= 0.6 is 0 Å². The molecule has 0 bridgehead atoms. The van der Waals surface area contributed by atoms with Crippen LogP contribution in [-0.2, 0) is 0 Å². The lowest BCUT2D eigenvalue weighted by Crippen LogP contribution is -2.19. The fraction of sp³-hybridized carbons (Fsp3) is 0.364. The lowest BCUT2D eigenvalue weighted by atomic mass is 9.94. The van der Waals surface area contributed by atoms with Crippen LogP contribution in [0.15, 0.2) is 48.5 Å². The Balaban J connectivity index is 1.84. The standard InChI is InChI=1S/C22H27NO/c1-17-12-14-23(16-17)13-6-10-19-8-4-7-18(2)22(19)20-9-5-11-21(15-20)24-3/h4-11,15,17H,12-14,16H2,1-3H3/b10-6-. The Kier molecular flexibility index (Phi) is 5.37. The highest BCUT2D eigenvalue weighted by Crippen LogP contribution is 2.30. The van der Waals surface area contributed by atoms with Crippen molar-refractivity contribution in [3.8, 4) is 16.9 Å². The van der Waals surface area contributed by atoms with Crippen LogP contribution in [0, 0.1) is 12.8 Å². The third-order valence-electron chi connectivity index (χ3n) is 4.83. The van der Waals surface area contributed by atoms with Gasteiger partial charge in [-0.1, -0.05) is 49.4 Å². The third kappa shape index (κ3) is 3.88. The van der Waals surface area contributed by atoms with Gasteiger partial charge < -0.3 is 4.74 Å². The van der Waals surface area contributed by atoms with Crippen LogP contribution in [0.2, 0.25) is 0 Å². The van der Waals surface area contributed by atoms with Crippen molar-refractivity contribution in [2.24, 2.45) is 5.92 Å². The second-order valence-corrected chi connectivity index (χ2v) is 6.83. The van der Waals surface area contributed by atoms with Crippen LogP contribution in [0.5, 0.6) is 5.75 Å². The second-order valence-electron chi connectivity index (χ2n) is 6.83. The van der Waals surface area contributed by atoms with Gasteiger partial charge in [-0.2, -0.15) is 0 Å². The van der Waals surface area contributed by atoms with Crippen molar-refractivity contribution < 1.29 is 4.74 Å². The van der Waals surface area contributed by atoms with Gasteiger partial charge in [-0.05, 0) is 60.2 Å². The van der Waals surface area contributed by atoms with Crippen LogP contribution in [0.4, 0.5) is 0 Å². The van der Waals surface area contributed by atoms with Crippen molar-refractivity contribution in [3.05, 3.63) is 59.7 Å². The monoisotopic (exact) mass is 321 g/mol. The minimum atomic E-state index is 0.838. The normalized spacial score (nSPS) is 18.4. The Bertz CT molecular complexity index is 720. The molecule has 0 spiro atoms. The number of ether oxygens (including phenoxy) is 1. The molecule has 2 aromatic rings. The minimum absolute atomic E-state index is 0.838. The molecule has 0 aromatic heterocycles. The summed E-state index contributed by atoms with van der Waals surface area (Å²) in [6.07, 6.45) is 5.90. The number of rotatable bonds is 5. The number of aryl methyl sites for hydroxylation is 1. The Morgan fingerprint density at radius 3 is 2.79 bits per heavy atom. The van der Waals surface area contributed by atoms with Crippen LogP contribution in [0.1, 0.15) is 24.5 Å². The molecule has 2 nitrogen and oxygen atoms in total. The van der Waals surface area contributed by atoms with E-state index in [1.54, 1.807) is 7.11 Å². The first-order valence-electron chi connectivity index (χ1n) is 8.80. The largest absolute Gasteiger partial charge is 0.497 e. The van der Waals surface area contributed by atoms with Crippen LogP contribution in [-0.4, -0.2) is 31.6 Å². The average molecular weight is 321 g/mol. The number of hydrogen-bond acceptors (Lipinski definition) is 2. The third-order valence-corrected chi connectivity index (χ3v) is 4.83. The molecule has 1 heterocycles. The van der Waals surface area contributed by atoms with E-state index >= 15 is 0 Å². The highest BCUT2D eigenvalue weighted by molar-refractivity contribution is 5.78. The summed E-state index contributed by atoms with van der Waals surface area (Å²) < 4.78 is 5.39. The molecule has 0 amide bonds. The molecule has 0 aliphatic carbocycles. The zero-order valence-corrected chi connectivity index (χ0v) is 15.0. The number of likely N-dealkylation sites (tertiary alicyclic amines) is 1. The van der Waals surface area contributed by atoms with Gasteiger partial charge in [0.05, 0.1) is 7.11 Å². The Morgan fingerprint density at radius 2 is 2.04 bits per heavy atom. The van der Waals surface area contributed by atoms with Crippen LogP contribution < -0.4 is 4.74 Å². The lowest BCUT2D eigenvalue weighted by Gasteiger charge is -2.13. The average Bonchev–Trinajstić information content (AvgIpc) is 3.00. The number of nitrogens with zero attached hydrogens (tertiary/aromatic N) is 1. The van der Waals surface area contributed by atoms with E-state index in [0.29, 0.717) is 0 Å².